The lowest BCUT2D eigenvalue weighted by atomic mass is 10.1. The van der Waals surface area contributed by atoms with Crippen LogP contribution < -0.4 is 5.56 Å². The number of nitrogens with zero attached hydrogens (tertiary/aromatic N) is 2. The van der Waals surface area contributed by atoms with Crippen molar-refractivity contribution in [2.75, 3.05) is 6.61 Å². The summed E-state index contributed by atoms with van der Waals surface area (Å²) < 4.78 is 1.43. The van der Waals surface area contributed by atoms with Gasteiger partial charge in [0, 0.05) is 35.9 Å². The standard InChI is InChI=1S/C18H15N3O2S/c22-7-6-13-9-19-17-15(10-20-21(17)18(13)23)16-8-14(11-24-16)12-4-2-1-3-5-12/h1-5,8-11,20,22H,6-7H2. The summed E-state index contributed by atoms with van der Waals surface area (Å²) in [5, 5.41) is 14.1. The third-order valence-corrected chi connectivity index (χ3v) is 4.93. The van der Waals surface area contributed by atoms with Gasteiger partial charge in [-0.25, -0.2) is 9.50 Å². The fraction of sp³-hybridized carbons (Fsp3) is 0.111. The van der Waals surface area contributed by atoms with Gasteiger partial charge in [0.2, 0.25) is 0 Å². The van der Waals surface area contributed by atoms with Crippen LogP contribution in [0, 0.1) is 0 Å². The number of thiophene rings is 1. The van der Waals surface area contributed by atoms with E-state index in [4.69, 9.17) is 5.11 Å². The van der Waals surface area contributed by atoms with Crippen LogP contribution in [0.2, 0.25) is 0 Å². The topological polar surface area (TPSA) is 70.4 Å². The van der Waals surface area contributed by atoms with E-state index in [1.54, 1.807) is 23.7 Å². The van der Waals surface area contributed by atoms with E-state index < -0.39 is 0 Å². The van der Waals surface area contributed by atoms with Crippen molar-refractivity contribution in [3.63, 3.8) is 0 Å². The van der Waals surface area contributed by atoms with Gasteiger partial charge in [-0.1, -0.05) is 30.3 Å². The fourth-order valence-corrected chi connectivity index (χ4v) is 3.66. The minimum atomic E-state index is -0.167. The van der Waals surface area contributed by atoms with E-state index in [1.807, 2.05) is 18.2 Å². The van der Waals surface area contributed by atoms with Crippen molar-refractivity contribution in [2.24, 2.45) is 0 Å². The molecular weight excluding hydrogens is 322 g/mol. The molecule has 3 heterocycles. The Hall–Kier alpha value is -2.70. The van der Waals surface area contributed by atoms with Crippen molar-refractivity contribution >= 4 is 17.0 Å². The van der Waals surface area contributed by atoms with E-state index in [2.05, 4.69) is 33.7 Å². The van der Waals surface area contributed by atoms with Crippen LogP contribution in [0.5, 0.6) is 0 Å². The molecule has 6 heteroatoms. The first-order valence-corrected chi connectivity index (χ1v) is 8.49. The van der Waals surface area contributed by atoms with E-state index in [0.717, 1.165) is 21.6 Å². The Kier molecular flexibility index (Phi) is 3.76. The molecule has 120 valence electrons. The van der Waals surface area contributed by atoms with Gasteiger partial charge in [0.1, 0.15) is 0 Å². The van der Waals surface area contributed by atoms with Gasteiger partial charge in [0.25, 0.3) is 5.56 Å². The number of hydrogen-bond acceptors (Lipinski definition) is 4. The van der Waals surface area contributed by atoms with Crippen molar-refractivity contribution in [2.45, 2.75) is 6.42 Å². The van der Waals surface area contributed by atoms with Crippen LogP contribution in [-0.4, -0.2) is 26.3 Å². The molecule has 5 nitrogen and oxygen atoms in total. The summed E-state index contributed by atoms with van der Waals surface area (Å²) >= 11 is 1.62. The molecule has 4 aromatic rings. The Balaban J connectivity index is 1.79. The normalized spacial score (nSPS) is 11.2. The van der Waals surface area contributed by atoms with Crippen molar-refractivity contribution in [3.8, 4) is 21.6 Å². The van der Waals surface area contributed by atoms with Gasteiger partial charge in [-0.15, -0.1) is 11.3 Å². The molecule has 0 saturated heterocycles. The Labute approximate surface area is 141 Å². The maximum atomic E-state index is 12.4. The molecule has 3 aromatic heterocycles. The predicted molar refractivity (Wildman–Crippen MR) is 95.4 cm³/mol. The highest BCUT2D eigenvalue weighted by molar-refractivity contribution is 7.14. The second-order valence-electron chi connectivity index (χ2n) is 5.47. The van der Waals surface area contributed by atoms with Gasteiger partial charge in [-0.05, 0) is 22.6 Å². The molecule has 0 fully saturated rings. The van der Waals surface area contributed by atoms with E-state index in [0.29, 0.717) is 17.6 Å². The number of fused-ring (bicyclic) bond motifs is 1. The number of aliphatic hydroxyl groups is 1. The first-order valence-electron chi connectivity index (χ1n) is 7.61. The number of rotatable bonds is 4. The zero-order valence-electron chi connectivity index (χ0n) is 12.8. The first kappa shape index (κ1) is 14.9. The van der Waals surface area contributed by atoms with Gasteiger partial charge >= 0.3 is 0 Å². The maximum Gasteiger partial charge on any atom is 0.275 e. The molecule has 2 N–H and O–H groups in total. The molecule has 0 bridgehead atoms. The highest BCUT2D eigenvalue weighted by atomic mass is 32.1. The summed E-state index contributed by atoms with van der Waals surface area (Å²) in [6, 6.07) is 12.3. The largest absolute Gasteiger partial charge is 0.396 e. The number of benzene rings is 1. The lowest BCUT2D eigenvalue weighted by Gasteiger charge is -1.99. The number of aliphatic hydroxyl groups excluding tert-OH is 1. The van der Waals surface area contributed by atoms with Crippen LogP contribution >= 0.6 is 11.3 Å². The first-order chi connectivity index (χ1) is 11.8. The third-order valence-electron chi connectivity index (χ3n) is 3.96. The number of aromatic nitrogens is 3. The zero-order chi connectivity index (χ0) is 16.5. The lowest BCUT2D eigenvalue weighted by molar-refractivity contribution is 0.299. The van der Waals surface area contributed by atoms with Crippen LogP contribution in [0.4, 0.5) is 0 Å². The van der Waals surface area contributed by atoms with E-state index >= 15 is 0 Å². The van der Waals surface area contributed by atoms with Crippen LogP contribution in [-0.2, 0) is 6.42 Å². The molecule has 0 unspecified atom stereocenters. The van der Waals surface area contributed by atoms with Gasteiger partial charge in [-0.2, -0.15) is 0 Å². The number of H-pyrrole nitrogens is 1. The molecule has 0 aliphatic rings. The molecule has 0 saturated carbocycles. The Morgan fingerprint density at radius 2 is 2.04 bits per heavy atom. The predicted octanol–water partition coefficient (Wildman–Crippen LogP) is 2.95. The van der Waals surface area contributed by atoms with Gasteiger partial charge in [-0.3, -0.25) is 9.89 Å². The Morgan fingerprint density at radius 1 is 1.21 bits per heavy atom. The molecule has 0 aliphatic heterocycles. The second-order valence-corrected chi connectivity index (χ2v) is 6.39. The van der Waals surface area contributed by atoms with Crippen molar-refractivity contribution in [3.05, 3.63) is 70.1 Å². The minimum Gasteiger partial charge on any atom is -0.396 e. The average molecular weight is 337 g/mol. The molecule has 24 heavy (non-hydrogen) atoms. The summed E-state index contributed by atoms with van der Waals surface area (Å²) in [5.41, 5.74) is 4.14. The smallest absolute Gasteiger partial charge is 0.275 e. The summed E-state index contributed by atoms with van der Waals surface area (Å²) in [7, 11) is 0. The minimum absolute atomic E-state index is 0.0675. The van der Waals surface area contributed by atoms with Crippen LogP contribution in [0.1, 0.15) is 5.56 Å². The zero-order valence-corrected chi connectivity index (χ0v) is 13.6. The van der Waals surface area contributed by atoms with Gasteiger partial charge in [0.15, 0.2) is 5.65 Å². The Morgan fingerprint density at radius 3 is 2.83 bits per heavy atom. The molecule has 0 spiro atoms. The van der Waals surface area contributed by atoms with Crippen molar-refractivity contribution < 1.29 is 5.11 Å². The van der Waals surface area contributed by atoms with E-state index in [1.165, 1.54) is 4.52 Å². The average Bonchev–Trinajstić information content (AvgIpc) is 3.25. The molecule has 1 aromatic carbocycles. The number of aromatic amines is 1. The Bertz CT molecular complexity index is 1050. The van der Waals surface area contributed by atoms with Crippen LogP contribution in [0.3, 0.4) is 0 Å². The summed E-state index contributed by atoms with van der Waals surface area (Å²) in [4.78, 5) is 17.8. The SMILES string of the molecule is O=c1c(CCO)cnc2c(-c3cc(-c4ccccc4)cs3)c[nH]n12. The van der Waals surface area contributed by atoms with Crippen LogP contribution in [0.25, 0.3) is 27.2 Å². The fourth-order valence-electron chi connectivity index (χ4n) is 2.73. The molecule has 0 atom stereocenters. The summed E-state index contributed by atoms with van der Waals surface area (Å²) in [5.74, 6) is 0. The molecule has 0 radical (unpaired) electrons. The van der Waals surface area contributed by atoms with Crippen LogP contribution in [0.15, 0.2) is 59.0 Å². The third kappa shape index (κ3) is 2.46. The maximum absolute atomic E-state index is 12.4. The van der Waals surface area contributed by atoms with E-state index in [-0.39, 0.29) is 12.2 Å². The highest BCUT2D eigenvalue weighted by Crippen LogP contribution is 2.33. The molecule has 0 aliphatic carbocycles. The summed E-state index contributed by atoms with van der Waals surface area (Å²) in [6.45, 7) is -0.0675. The molecule has 0 amide bonds. The van der Waals surface area contributed by atoms with Crippen molar-refractivity contribution in [1.82, 2.24) is 14.6 Å². The quantitative estimate of drug-likeness (QED) is 0.601. The van der Waals surface area contributed by atoms with Crippen molar-refractivity contribution in [1.29, 1.82) is 0 Å². The molecule has 4 rings (SSSR count). The lowest BCUT2D eigenvalue weighted by Crippen LogP contribution is -2.20. The van der Waals surface area contributed by atoms with Gasteiger partial charge < -0.3 is 5.11 Å². The number of hydrogen-bond donors (Lipinski definition) is 2. The summed E-state index contributed by atoms with van der Waals surface area (Å²) in [6.07, 6.45) is 3.66. The number of nitrogens with one attached hydrogen (secondary N) is 1. The monoisotopic (exact) mass is 337 g/mol. The van der Waals surface area contributed by atoms with Gasteiger partial charge in [0.05, 0.1) is 5.56 Å². The second kappa shape index (κ2) is 6.07. The molecular formula is C18H15N3O2S. The highest BCUT2D eigenvalue weighted by Gasteiger charge is 2.13. The van der Waals surface area contributed by atoms with E-state index in [9.17, 15) is 4.79 Å².